The van der Waals surface area contributed by atoms with Gasteiger partial charge in [-0.05, 0) is 54.5 Å². The van der Waals surface area contributed by atoms with Crippen molar-refractivity contribution in [2.24, 2.45) is 0 Å². The van der Waals surface area contributed by atoms with Gasteiger partial charge < -0.3 is 9.88 Å². The lowest BCUT2D eigenvalue weighted by Crippen LogP contribution is -2.14. The Morgan fingerprint density at radius 3 is 2.66 bits per heavy atom. The number of halogens is 2. The number of para-hydroxylation sites is 1. The SMILES string of the molecule is Cc1ccc(Cl)cc1NC(=O)/C(C#N)=C/c1cn(Cc2ccc(F)cc2)c2ccccc12. The summed E-state index contributed by atoms with van der Waals surface area (Å²) < 4.78 is 15.3. The van der Waals surface area contributed by atoms with Crippen LogP contribution in [0, 0.1) is 24.1 Å². The van der Waals surface area contributed by atoms with Gasteiger partial charge in [-0.1, -0.05) is 48.0 Å². The zero-order valence-corrected chi connectivity index (χ0v) is 18.0. The summed E-state index contributed by atoms with van der Waals surface area (Å²) in [6.45, 7) is 2.38. The maximum Gasteiger partial charge on any atom is 0.266 e. The van der Waals surface area contributed by atoms with Crippen LogP contribution < -0.4 is 5.32 Å². The van der Waals surface area contributed by atoms with E-state index in [0.29, 0.717) is 17.3 Å². The van der Waals surface area contributed by atoms with Gasteiger partial charge in [0, 0.05) is 39.9 Å². The molecule has 4 nitrogen and oxygen atoms in total. The van der Waals surface area contributed by atoms with Crippen molar-refractivity contribution >= 4 is 40.2 Å². The van der Waals surface area contributed by atoms with Gasteiger partial charge in [-0.3, -0.25) is 4.79 Å². The first-order chi connectivity index (χ1) is 15.4. The average molecular weight is 444 g/mol. The highest BCUT2D eigenvalue weighted by atomic mass is 35.5. The maximum absolute atomic E-state index is 13.3. The van der Waals surface area contributed by atoms with E-state index in [2.05, 4.69) is 5.32 Å². The molecule has 0 aliphatic heterocycles. The van der Waals surface area contributed by atoms with Crippen LogP contribution >= 0.6 is 11.6 Å². The number of nitrogens with zero attached hydrogens (tertiary/aromatic N) is 2. The Bertz CT molecular complexity index is 1380. The number of hydrogen-bond acceptors (Lipinski definition) is 2. The molecule has 4 rings (SSSR count). The fourth-order valence-corrected chi connectivity index (χ4v) is 3.70. The summed E-state index contributed by atoms with van der Waals surface area (Å²) in [5.74, 6) is -0.789. The molecule has 0 fully saturated rings. The van der Waals surface area contributed by atoms with Crippen molar-refractivity contribution in [3.8, 4) is 6.07 Å². The lowest BCUT2D eigenvalue weighted by atomic mass is 10.1. The lowest BCUT2D eigenvalue weighted by molar-refractivity contribution is -0.112. The summed E-state index contributed by atoms with van der Waals surface area (Å²) in [6.07, 6.45) is 3.47. The molecule has 3 aromatic carbocycles. The number of aromatic nitrogens is 1. The van der Waals surface area contributed by atoms with E-state index in [0.717, 1.165) is 27.6 Å². The summed E-state index contributed by atoms with van der Waals surface area (Å²) in [4.78, 5) is 12.8. The zero-order chi connectivity index (χ0) is 22.7. The van der Waals surface area contributed by atoms with Gasteiger partial charge >= 0.3 is 0 Å². The summed E-state index contributed by atoms with van der Waals surface area (Å²) in [6, 6.07) is 21.3. The molecule has 158 valence electrons. The molecular formula is C26H19ClFN3O. The van der Waals surface area contributed by atoms with Crippen molar-refractivity contribution in [3.05, 3.63) is 106 Å². The van der Waals surface area contributed by atoms with E-state index in [1.54, 1.807) is 36.4 Å². The standard InChI is InChI=1S/C26H19ClFN3O/c1-17-6-9-21(27)13-24(17)30-26(32)19(14-29)12-20-16-31(25-5-3-2-4-23(20)25)15-18-7-10-22(28)11-8-18/h2-13,16H,15H2,1H3,(H,30,32)/b19-12+. The molecule has 0 bridgehead atoms. The monoisotopic (exact) mass is 443 g/mol. The molecule has 0 spiro atoms. The van der Waals surface area contributed by atoms with Gasteiger partial charge in [-0.25, -0.2) is 4.39 Å². The molecule has 0 unspecified atom stereocenters. The van der Waals surface area contributed by atoms with E-state index < -0.39 is 5.91 Å². The van der Waals surface area contributed by atoms with Crippen LogP contribution in [0.2, 0.25) is 5.02 Å². The Hall–Kier alpha value is -3.88. The van der Waals surface area contributed by atoms with E-state index in [1.807, 2.05) is 48.0 Å². The minimum absolute atomic E-state index is 0.0194. The Morgan fingerprint density at radius 1 is 1.16 bits per heavy atom. The average Bonchev–Trinajstić information content (AvgIpc) is 3.13. The topological polar surface area (TPSA) is 57.8 Å². The first-order valence-corrected chi connectivity index (χ1v) is 10.3. The highest BCUT2D eigenvalue weighted by Gasteiger charge is 2.14. The zero-order valence-electron chi connectivity index (χ0n) is 17.3. The lowest BCUT2D eigenvalue weighted by Gasteiger charge is -2.08. The molecule has 0 aliphatic carbocycles. The number of aryl methyl sites for hydroxylation is 1. The Labute approximate surface area is 190 Å². The van der Waals surface area contributed by atoms with Crippen LogP contribution in [0.15, 0.2) is 78.5 Å². The first-order valence-electron chi connectivity index (χ1n) is 9.96. The van der Waals surface area contributed by atoms with Crippen LogP contribution in [-0.4, -0.2) is 10.5 Å². The number of amides is 1. The first kappa shape index (κ1) is 21.4. The molecule has 0 atom stereocenters. The molecule has 0 radical (unpaired) electrons. The number of nitriles is 1. The number of anilines is 1. The molecule has 1 heterocycles. The van der Waals surface area contributed by atoms with E-state index in [-0.39, 0.29) is 11.4 Å². The van der Waals surface area contributed by atoms with Gasteiger partial charge in [0.25, 0.3) is 5.91 Å². The van der Waals surface area contributed by atoms with Crippen molar-refractivity contribution in [1.29, 1.82) is 5.26 Å². The third-order valence-electron chi connectivity index (χ3n) is 5.20. The summed E-state index contributed by atoms with van der Waals surface area (Å²) >= 11 is 6.03. The Balaban J connectivity index is 1.68. The van der Waals surface area contributed by atoms with Crippen molar-refractivity contribution in [2.45, 2.75) is 13.5 Å². The van der Waals surface area contributed by atoms with Crippen LogP contribution in [0.4, 0.5) is 10.1 Å². The quantitative estimate of drug-likeness (QED) is 0.289. The van der Waals surface area contributed by atoms with Gasteiger partial charge in [0.2, 0.25) is 0 Å². The molecule has 32 heavy (non-hydrogen) atoms. The fraction of sp³-hybridized carbons (Fsp3) is 0.0769. The van der Waals surface area contributed by atoms with Crippen LogP contribution in [0.5, 0.6) is 0 Å². The molecule has 0 saturated carbocycles. The molecular weight excluding hydrogens is 425 g/mol. The van der Waals surface area contributed by atoms with Gasteiger partial charge in [0.05, 0.1) is 0 Å². The summed E-state index contributed by atoms with van der Waals surface area (Å²) in [5, 5.41) is 13.8. The van der Waals surface area contributed by atoms with E-state index in [4.69, 9.17) is 11.6 Å². The van der Waals surface area contributed by atoms with Crippen LogP contribution in [0.3, 0.4) is 0 Å². The predicted molar refractivity (Wildman–Crippen MR) is 126 cm³/mol. The highest BCUT2D eigenvalue weighted by Crippen LogP contribution is 2.26. The van der Waals surface area contributed by atoms with E-state index >= 15 is 0 Å². The second-order valence-electron chi connectivity index (χ2n) is 7.44. The molecule has 1 amide bonds. The highest BCUT2D eigenvalue weighted by molar-refractivity contribution is 6.31. The molecule has 1 aromatic heterocycles. The van der Waals surface area contributed by atoms with Crippen molar-refractivity contribution in [2.75, 3.05) is 5.32 Å². The van der Waals surface area contributed by atoms with Gasteiger partial charge in [0.1, 0.15) is 17.5 Å². The number of carbonyl (C=O) groups excluding carboxylic acids is 1. The van der Waals surface area contributed by atoms with Gasteiger partial charge in [-0.15, -0.1) is 0 Å². The third kappa shape index (κ3) is 4.56. The molecule has 1 N–H and O–H groups in total. The van der Waals surface area contributed by atoms with E-state index in [1.165, 1.54) is 12.1 Å². The number of rotatable bonds is 5. The second-order valence-corrected chi connectivity index (χ2v) is 7.88. The number of carbonyl (C=O) groups is 1. The van der Waals surface area contributed by atoms with Gasteiger partial charge in [0.15, 0.2) is 0 Å². The van der Waals surface area contributed by atoms with Crippen molar-refractivity contribution in [1.82, 2.24) is 4.57 Å². The summed E-state index contributed by atoms with van der Waals surface area (Å²) in [7, 11) is 0. The minimum Gasteiger partial charge on any atom is -0.342 e. The summed E-state index contributed by atoms with van der Waals surface area (Å²) in [5.41, 5.74) is 4.02. The molecule has 6 heteroatoms. The predicted octanol–water partition coefficient (Wildman–Crippen LogP) is 6.34. The van der Waals surface area contributed by atoms with Crippen LogP contribution in [0.25, 0.3) is 17.0 Å². The smallest absolute Gasteiger partial charge is 0.266 e. The Morgan fingerprint density at radius 2 is 1.91 bits per heavy atom. The largest absolute Gasteiger partial charge is 0.342 e. The van der Waals surface area contributed by atoms with Crippen molar-refractivity contribution in [3.63, 3.8) is 0 Å². The number of benzene rings is 3. The molecule has 4 aromatic rings. The van der Waals surface area contributed by atoms with Crippen molar-refractivity contribution < 1.29 is 9.18 Å². The number of fused-ring (bicyclic) bond motifs is 1. The van der Waals surface area contributed by atoms with Crippen LogP contribution in [-0.2, 0) is 11.3 Å². The molecule has 0 saturated heterocycles. The molecule has 0 aliphatic rings. The van der Waals surface area contributed by atoms with Crippen LogP contribution in [0.1, 0.15) is 16.7 Å². The van der Waals surface area contributed by atoms with E-state index in [9.17, 15) is 14.4 Å². The van der Waals surface area contributed by atoms with Gasteiger partial charge in [-0.2, -0.15) is 5.26 Å². The second kappa shape index (κ2) is 9.09. The number of nitrogens with one attached hydrogen (secondary N) is 1. The Kier molecular flexibility index (Phi) is 6.07. The fourth-order valence-electron chi connectivity index (χ4n) is 3.53. The number of hydrogen-bond donors (Lipinski definition) is 1. The normalized spacial score (nSPS) is 11.4. The maximum atomic E-state index is 13.3. The third-order valence-corrected chi connectivity index (χ3v) is 5.43. The minimum atomic E-state index is -0.506.